The van der Waals surface area contributed by atoms with E-state index in [-0.39, 0.29) is 22.6 Å². The molecule has 1 heterocycles. The standard InChI is InChI=1S/C15H21NO4/c1-3-11-10(14(18)19)8-12(20-11)13(17)16-9-15(4-2)6-5-7-15/h8H,3-7,9H2,1-2H3,(H,16,17)(H,18,19). The largest absolute Gasteiger partial charge is 0.478 e. The van der Waals surface area contributed by atoms with E-state index in [1.54, 1.807) is 6.92 Å². The third-order valence-electron chi connectivity index (χ3n) is 4.37. The second kappa shape index (κ2) is 5.69. The fourth-order valence-electron chi connectivity index (χ4n) is 2.67. The zero-order valence-corrected chi connectivity index (χ0v) is 12.0. The first-order chi connectivity index (χ1) is 9.51. The van der Waals surface area contributed by atoms with Crippen molar-refractivity contribution in [1.29, 1.82) is 0 Å². The molecule has 1 aliphatic rings. The van der Waals surface area contributed by atoms with E-state index < -0.39 is 5.97 Å². The van der Waals surface area contributed by atoms with Crippen molar-refractivity contribution in [3.63, 3.8) is 0 Å². The molecule has 0 atom stereocenters. The van der Waals surface area contributed by atoms with Crippen molar-refractivity contribution in [3.05, 3.63) is 23.2 Å². The molecule has 2 N–H and O–H groups in total. The SMILES string of the molecule is CCc1oc(C(=O)NCC2(CC)CCC2)cc1C(=O)O. The van der Waals surface area contributed by atoms with Crippen LogP contribution in [0, 0.1) is 5.41 Å². The Labute approximate surface area is 118 Å². The maximum Gasteiger partial charge on any atom is 0.339 e. The summed E-state index contributed by atoms with van der Waals surface area (Å²) >= 11 is 0. The van der Waals surface area contributed by atoms with Gasteiger partial charge in [-0.15, -0.1) is 0 Å². The Balaban J connectivity index is 2.04. The molecule has 1 fully saturated rings. The number of carbonyl (C=O) groups excluding carboxylic acids is 1. The minimum absolute atomic E-state index is 0.0755. The first kappa shape index (κ1) is 14.6. The van der Waals surface area contributed by atoms with E-state index in [9.17, 15) is 9.59 Å². The topological polar surface area (TPSA) is 79.5 Å². The minimum atomic E-state index is -1.06. The van der Waals surface area contributed by atoms with Crippen molar-refractivity contribution in [2.75, 3.05) is 6.54 Å². The third kappa shape index (κ3) is 2.71. The number of aromatic carboxylic acids is 1. The average molecular weight is 279 g/mol. The third-order valence-corrected chi connectivity index (χ3v) is 4.37. The van der Waals surface area contributed by atoms with Gasteiger partial charge >= 0.3 is 5.97 Å². The van der Waals surface area contributed by atoms with Gasteiger partial charge in [-0.1, -0.05) is 20.3 Å². The van der Waals surface area contributed by atoms with Crippen LogP contribution >= 0.6 is 0 Å². The Hall–Kier alpha value is -1.78. The van der Waals surface area contributed by atoms with Crippen molar-refractivity contribution < 1.29 is 19.1 Å². The van der Waals surface area contributed by atoms with Crippen molar-refractivity contribution in [2.45, 2.75) is 46.0 Å². The average Bonchev–Trinajstić information content (AvgIpc) is 2.82. The normalized spacial score (nSPS) is 16.5. The zero-order valence-electron chi connectivity index (χ0n) is 12.0. The van der Waals surface area contributed by atoms with Gasteiger partial charge in [-0.05, 0) is 24.7 Å². The summed E-state index contributed by atoms with van der Waals surface area (Å²) in [6.07, 6.45) is 5.00. The Morgan fingerprint density at radius 3 is 2.50 bits per heavy atom. The van der Waals surface area contributed by atoms with Crippen molar-refractivity contribution in [2.24, 2.45) is 5.41 Å². The van der Waals surface area contributed by atoms with E-state index in [1.807, 2.05) is 0 Å². The van der Waals surface area contributed by atoms with E-state index in [0.717, 1.165) is 19.3 Å². The van der Waals surface area contributed by atoms with Crippen LogP contribution < -0.4 is 5.32 Å². The number of carbonyl (C=O) groups is 2. The number of hydrogen-bond acceptors (Lipinski definition) is 3. The number of amides is 1. The summed E-state index contributed by atoms with van der Waals surface area (Å²) in [6, 6.07) is 1.32. The summed E-state index contributed by atoms with van der Waals surface area (Å²) in [6.45, 7) is 4.57. The quantitative estimate of drug-likeness (QED) is 0.839. The molecule has 0 aromatic carbocycles. The number of rotatable bonds is 6. The minimum Gasteiger partial charge on any atom is -0.478 e. The number of furan rings is 1. The van der Waals surface area contributed by atoms with Gasteiger partial charge in [0.25, 0.3) is 5.91 Å². The van der Waals surface area contributed by atoms with Crippen molar-refractivity contribution in [3.8, 4) is 0 Å². The lowest BCUT2D eigenvalue weighted by Gasteiger charge is -2.41. The second-order valence-corrected chi connectivity index (χ2v) is 5.50. The van der Waals surface area contributed by atoms with Crippen LogP contribution in [0.25, 0.3) is 0 Å². The maximum atomic E-state index is 12.1. The van der Waals surface area contributed by atoms with E-state index >= 15 is 0 Å². The first-order valence-electron chi connectivity index (χ1n) is 7.15. The van der Waals surface area contributed by atoms with Crippen molar-refractivity contribution in [1.82, 2.24) is 5.32 Å². The summed E-state index contributed by atoms with van der Waals surface area (Å²) in [7, 11) is 0. The molecule has 0 bridgehead atoms. The molecule has 0 spiro atoms. The van der Waals surface area contributed by atoms with Crippen LogP contribution in [0.4, 0.5) is 0 Å². The fourth-order valence-corrected chi connectivity index (χ4v) is 2.67. The number of nitrogens with one attached hydrogen (secondary N) is 1. The zero-order chi connectivity index (χ0) is 14.8. The van der Waals surface area contributed by atoms with Gasteiger partial charge in [-0.25, -0.2) is 4.79 Å². The van der Waals surface area contributed by atoms with Crippen LogP contribution in [-0.2, 0) is 6.42 Å². The summed E-state index contributed by atoms with van der Waals surface area (Å²) in [5.74, 6) is -0.957. The molecule has 0 unspecified atom stereocenters. The molecule has 1 aliphatic carbocycles. The van der Waals surface area contributed by atoms with Gasteiger partial charge < -0.3 is 14.8 Å². The summed E-state index contributed by atoms with van der Waals surface area (Å²) in [5.41, 5.74) is 0.303. The molecule has 0 saturated heterocycles. The number of carboxylic acid groups (broad SMARTS) is 1. The highest BCUT2D eigenvalue weighted by molar-refractivity contribution is 5.96. The van der Waals surface area contributed by atoms with Gasteiger partial charge in [-0.2, -0.15) is 0 Å². The monoisotopic (exact) mass is 279 g/mol. The molecule has 1 aromatic rings. The highest BCUT2D eigenvalue weighted by atomic mass is 16.4. The van der Waals surface area contributed by atoms with Gasteiger partial charge in [0.05, 0.1) is 0 Å². The van der Waals surface area contributed by atoms with Crippen LogP contribution in [-0.4, -0.2) is 23.5 Å². The number of aryl methyl sites for hydroxylation is 1. The Morgan fingerprint density at radius 1 is 1.40 bits per heavy atom. The number of hydrogen-bond donors (Lipinski definition) is 2. The highest BCUT2D eigenvalue weighted by Crippen LogP contribution is 2.43. The second-order valence-electron chi connectivity index (χ2n) is 5.50. The molecule has 1 saturated carbocycles. The molecule has 5 heteroatoms. The van der Waals surface area contributed by atoms with E-state index in [1.165, 1.54) is 12.5 Å². The van der Waals surface area contributed by atoms with Crippen LogP contribution in [0.5, 0.6) is 0 Å². The molecule has 1 amide bonds. The molecular formula is C15H21NO4. The molecule has 1 aromatic heterocycles. The lowest BCUT2D eigenvalue weighted by atomic mass is 9.67. The molecule has 2 rings (SSSR count). The highest BCUT2D eigenvalue weighted by Gasteiger charge is 2.35. The smallest absolute Gasteiger partial charge is 0.339 e. The van der Waals surface area contributed by atoms with Gasteiger partial charge in [0.2, 0.25) is 0 Å². The molecule has 0 radical (unpaired) electrons. The van der Waals surface area contributed by atoms with Crippen LogP contribution in [0.2, 0.25) is 0 Å². The Morgan fingerprint density at radius 2 is 2.10 bits per heavy atom. The van der Waals surface area contributed by atoms with E-state index in [2.05, 4.69) is 12.2 Å². The predicted octanol–water partition coefficient (Wildman–Crippen LogP) is 2.85. The maximum absolute atomic E-state index is 12.1. The lowest BCUT2D eigenvalue weighted by molar-refractivity contribution is 0.0694. The predicted molar refractivity (Wildman–Crippen MR) is 74.0 cm³/mol. The Bertz CT molecular complexity index is 508. The number of carboxylic acids is 1. The van der Waals surface area contributed by atoms with Gasteiger partial charge in [0, 0.05) is 19.0 Å². The molecule has 5 nitrogen and oxygen atoms in total. The van der Waals surface area contributed by atoms with E-state index in [4.69, 9.17) is 9.52 Å². The van der Waals surface area contributed by atoms with Crippen LogP contribution in [0.15, 0.2) is 10.5 Å². The lowest BCUT2D eigenvalue weighted by Crippen LogP contribution is -2.41. The van der Waals surface area contributed by atoms with Crippen LogP contribution in [0.1, 0.15) is 66.2 Å². The summed E-state index contributed by atoms with van der Waals surface area (Å²) in [5, 5.41) is 11.9. The Kier molecular flexibility index (Phi) is 4.16. The van der Waals surface area contributed by atoms with Crippen molar-refractivity contribution >= 4 is 11.9 Å². The summed E-state index contributed by atoms with van der Waals surface area (Å²) in [4.78, 5) is 23.1. The van der Waals surface area contributed by atoms with Gasteiger partial charge in [0.15, 0.2) is 5.76 Å². The fraction of sp³-hybridized carbons (Fsp3) is 0.600. The van der Waals surface area contributed by atoms with Gasteiger partial charge in [0.1, 0.15) is 11.3 Å². The molecule has 110 valence electrons. The molecule has 20 heavy (non-hydrogen) atoms. The molecule has 0 aliphatic heterocycles. The van der Waals surface area contributed by atoms with Gasteiger partial charge in [-0.3, -0.25) is 4.79 Å². The first-order valence-corrected chi connectivity index (χ1v) is 7.15. The van der Waals surface area contributed by atoms with Crippen LogP contribution in [0.3, 0.4) is 0 Å². The van der Waals surface area contributed by atoms with E-state index in [0.29, 0.717) is 18.7 Å². The molecular weight excluding hydrogens is 258 g/mol. The summed E-state index contributed by atoms with van der Waals surface area (Å²) < 4.78 is 5.34.